The lowest BCUT2D eigenvalue weighted by Crippen LogP contribution is -2.15. The highest BCUT2D eigenvalue weighted by molar-refractivity contribution is 6.16. The summed E-state index contributed by atoms with van der Waals surface area (Å²) in [5.74, 6) is 0. The first-order chi connectivity index (χ1) is 29.0. The summed E-state index contributed by atoms with van der Waals surface area (Å²) in [5, 5.41) is 5.12. The van der Waals surface area contributed by atoms with E-state index in [1.54, 1.807) is 0 Å². The number of hydrogen-bond acceptors (Lipinski definition) is 0. The fraction of sp³-hybridized carbons (Fsp3) is 0.0526. The first-order valence-corrected chi connectivity index (χ1v) is 20.6. The van der Waals surface area contributed by atoms with Gasteiger partial charge in [0.25, 0.3) is 0 Å². The van der Waals surface area contributed by atoms with Crippen molar-refractivity contribution in [2.75, 3.05) is 0 Å². The topological polar surface area (TPSA) is 9.86 Å². The van der Waals surface area contributed by atoms with Crippen LogP contribution in [0.5, 0.6) is 0 Å². The van der Waals surface area contributed by atoms with E-state index in [-0.39, 0.29) is 5.41 Å². The molecule has 0 fully saturated rings. The molecule has 9 aromatic carbocycles. The summed E-state index contributed by atoms with van der Waals surface area (Å²) >= 11 is 0. The van der Waals surface area contributed by atoms with Crippen LogP contribution in [0.2, 0.25) is 0 Å². The molecule has 1 aliphatic rings. The van der Waals surface area contributed by atoms with E-state index in [2.05, 4.69) is 229 Å². The van der Waals surface area contributed by atoms with Crippen LogP contribution in [0.3, 0.4) is 0 Å². The normalized spacial score (nSPS) is 13.1. The van der Waals surface area contributed by atoms with Crippen molar-refractivity contribution in [3.05, 3.63) is 217 Å². The standard InChI is InChI=1S/C57H40N2/c1-57(2)50-22-11-9-20-45(50)47-30-33-54-55(56(47)57)49-36-42(27-32-53(49)59(54)44-19-13-18-40(34-44)38-16-7-4-8-17-38)41-26-31-52-48(35-41)46-21-10-12-23-51(46)58(52)43-28-24-39(25-29-43)37-14-5-3-6-15-37/h3-36H,1-2H3. The summed E-state index contributed by atoms with van der Waals surface area (Å²) in [7, 11) is 0. The van der Waals surface area contributed by atoms with E-state index in [0.717, 1.165) is 5.69 Å². The summed E-state index contributed by atoms with van der Waals surface area (Å²) in [5.41, 5.74) is 19.8. The van der Waals surface area contributed by atoms with Crippen LogP contribution in [0, 0.1) is 0 Å². The summed E-state index contributed by atoms with van der Waals surface area (Å²) in [6.07, 6.45) is 0. The van der Waals surface area contributed by atoms with Gasteiger partial charge in [-0.15, -0.1) is 0 Å². The highest BCUT2D eigenvalue weighted by Gasteiger charge is 2.38. The fourth-order valence-electron chi connectivity index (χ4n) is 10.2. The Bertz CT molecular complexity index is 3440. The minimum atomic E-state index is -0.160. The Morgan fingerprint density at radius 3 is 1.61 bits per heavy atom. The SMILES string of the molecule is CC1(C)c2ccccc2-c2ccc3c(c21)c1cc(-c2ccc4c(c2)c2ccccc2n4-c2ccc(-c4ccccc4)cc2)ccc1n3-c1cccc(-c2ccccc2)c1. The number of rotatable bonds is 5. The van der Waals surface area contributed by atoms with E-state index in [4.69, 9.17) is 0 Å². The molecule has 0 spiro atoms. The largest absolute Gasteiger partial charge is 0.309 e. The van der Waals surface area contributed by atoms with Crippen molar-refractivity contribution >= 4 is 43.6 Å². The van der Waals surface area contributed by atoms with Crippen molar-refractivity contribution in [2.24, 2.45) is 0 Å². The number of nitrogens with zero attached hydrogens (tertiary/aromatic N) is 2. The van der Waals surface area contributed by atoms with Gasteiger partial charge in [0.1, 0.15) is 0 Å². The predicted molar refractivity (Wildman–Crippen MR) is 249 cm³/mol. The van der Waals surface area contributed by atoms with Crippen LogP contribution in [-0.2, 0) is 5.41 Å². The maximum atomic E-state index is 2.49. The van der Waals surface area contributed by atoms with Gasteiger partial charge < -0.3 is 9.13 Å². The van der Waals surface area contributed by atoms with Crippen LogP contribution in [0.25, 0.3) is 99.5 Å². The third-order valence-electron chi connectivity index (χ3n) is 12.9. The average molecular weight is 753 g/mol. The Morgan fingerprint density at radius 2 is 0.847 bits per heavy atom. The zero-order chi connectivity index (χ0) is 39.2. The number of aromatic nitrogens is 2. The van der Waals surface area contributed by atoms with Crippen LogP contribution in [0.4, 0.5) is 0 Å². The summed E-state index contributed by atoms with van der Waals surface area (Å²) < 4.78 is 4.90. The van der Waals surface area contributed by atoms with Crippen LogP contribution >= 0.6 is 0 Å². The summed E-state index contributed by atoms with van der Waals surface area (Å²) in [4.78, 5) is 0. The third kappa shape index (κ3) is 5.06. The lowest BCUT2D eigenvalue weighted by atomic mass is 9.80. The maximum absolute atomic E-state index is 2.49. The van der Waals surface area contributed by atoms with Gasteiger partial charge in [0.15, 0.2) is 0 Å². The van der Waals surface area contributed by atoms with Gasteiger partial charge in [0, 0.05) is 38.3 Å². The summed E-state index contributed by atoms with van der Waals surface area (Å²) in [6.45, 7) is 4.80. The number of fused-ring (bicyclic) bond motifs is 10. The van der Waals surface area contributed by atoms with Crippen LogP contribution < -0.4 is 0 Å². The van der Waals surface area contributed by atoms with Crippen LogP contribution in [0.1, 0.15) is 25.0 Å². The molecule has 59 heavy (non-hydrogen) atoms. The molecule has 0 N–H and O–H groups in total. The van der Waals surface area contributed by atoms with Crippen molar-refractivity contribution in [1.29, 1.82) is 0 Å². The second-order valence-electron chi connectivity index (χ2n) is 16.5. The van der Waals surface area contributed by atoms with E-state index < -0.39 is 0 Å². The van der Waals surface area contributed by atoms with Gasteiger partial charge in [-0.3, -0.25) is 0 Å². The van der Waals surface area contributed by atoms with Crippen molar-refractivity contribution in [3.8, 4) is 55.9 Å². The van der Waals surface area contributed by atoms with Gasteiger partial charge >= 0.3 is 0 Å². The quantitative estimate of drug-likeness (QED) is 0.166. The Morgan fingerprint density at radius 1 is 0.322 bits per heavy atom. The first kappa shape index (κ1) is 33.7. The fourth-order valence-corrected chi connectivity index (χ4v) is 10.2. The molecule has 0 amide bonds. The zero-order valence-corrected chi connectivity index (χ0v) is 33.0. The predicted octanol–water partition coefficient (Wildman–Crippen LogP) is 15.2. The van der Waals surface area contributed by atoms with E-state index in [9.17, 15) is 0 Å². The summed E-state index contributed by atoms with van der Waals surface area (Å²) in [6, 6.07) is 76.0. The van der Waals surface area contributed by atoms with Crippen LogP contribution in [0.15, 0.2) is 206 Å². The Labute approximate surface area is 343 Å². The molecular formula is C57H40N2. The van der Waals surface area contributed by atoms with Gasteiger partial charge in [-0.05, 0) is 116 Å². The van der Waals surface area contributed by atoms with Crippen molar-refractivity contribution in [3.63, 3.8) is 0 Å². The molecule has 12 rings (SSSR count). The monoisotopic (exact) mass is 752 g/mol. The van der Waals surface area contributed by atoms with Gasteiger partial charge in [0.2, 0.25) is 0 Å². The Kier molecular flexibility index (Phi) is 7.31. The lowest BCUT2D eigenvalue weighted by molar-refractivity contribution is 0.666. The molecule has 0 radical (unpaired) electrons. The van der Waals surface area contributed by atoms with E-state index in [1.807, 2.05) is 0 Å². The molecule has 11 aromatic rings. The third-order valence-corrected chi connectivity index (χ3v) is 12.9. The highest BCUT2D eigenvalue weighted by Crippen LogP contribution is 2.53. The molecule has 1 aliphatic carbocycles. The number of benzene rings is 9. The molecule has 278 valence electrons. The zero-order valence-electron chi connectivity index (χ0n) is 33.0. The Balaban J connectivity index is 1.06. The lowest BCUT2D eigenvalue weighted by Gasteiger charge is -2.22. The second-order valence-corrected chi connectivity index (χ2v) is 16.5. The minimum Gasteiger partial charge on any atom is -0.309 e. The molecule has 0 saturated carbocycles. The minimum absolute atomic E-state index is 0.160. The maximum Gasteiger partial charge on any atom is 0.0544 e. The van der Waals surface area contributed by atoms with E-state index in [0.29, 0.717) is 0 Å². The first-order valence-electron chi connectivity index (χ1n) is 20.6. The highest BCUT2D eigenvalue weighted by atomic mass is 15.0. The van der Waals surface area contributed by atoms with Gasteiger partial charge in [0.05, 0.1) is 22.1 Å². The molecule has 2 heteroatoms. The molecule has 2 aromatic heterocycles. The molecular weight excluding hydrogens is 713 g/mol. The Hall–Kier alpha value is -7.42. The molecule has 2 nitrogen and oxygen atoms in total. The van der Waals surface area contributed by atoms with Crippen molar-refractivity contribution in [2.45, 2.75) is 19.3 Å². The number of para-hydroxylation sites is 1. The average Bonchev–Trinajstić information content (AvgIpc) is 3.89. The van der Waals surface area contributed by atoms with Crippen LogP contribution in [-0.4, -0.2) is 9.13 Å². The molecule has 0 aliphatic heterocycles. The van der Waals surface area contributed by atoms with Gasteiger partial charge in [-0.1, -0.05) is 159 Å². The molecule has 0 unspecified atom stereocenters. The van der Waals surface area contributed by atoms with Crippen molar-refractivity contribution in [1.82, 2.24) is 9.13 Å². The molecule has 0 saturated heterocycles. The molecule has 0 bridgehead atoms. The smallest absolute Gasteiger partial charge is 0.0544 e. The van der Waals surface area contributed by atoms with Crippen molar-refractivity contribution < 1.29 is 0 Å². The molecule has 0 atom stereocenters. The van der Waals surface area contributed by atoms with Gasteiger partial charge in [-0.2, -0.15) is 0 Å². The van der Waals surface area contributed by atoms with E-state index >= 15 is 0 Å². The molecule has 2 heterocycles. The second kappa shape index (κ2) is 12.8. The van der Waals surface area contributed by atoms with Gasteiger partial charge in [-0.25, -0.2) is 0 Å². The number of hydrogen-bond donors (Lipinski definition) is 0. The van der Waals surface area contributed by atoms with E-state index in [1.165, 1.54) is 105 Å².